The van der Waals surface area contributed by atoms with Gasteiger partial charge in [-0.3, -0.25) is 5.10 Å². The van der Waals surface area contributed by atoms with Gasteiger partial charge in [0.05, 0.1) is 6.20 Å². The topological polar surface area (TPSA) is 67.0 Å². The molecule has 0 saturated heterocycles. The Balaban J connectivity index is 2.38. The predicted molar refractivity (Wildman–Crippen MR) is 56.4 cm³/mol. The van der Waals surface area contributed by atoms with Gasteiger partial charge >= 0.3 is 6.09 Å². The average Bonchev–Trinajstić information content (AvgIpc) is 2.44. The van der Waals surface area contributed by atoms with Crippen LogP contribution in [0.2, 0.25) is 0 Å². The maximum absolute atomic E-state index is 11.3. The normalized spacial score (nSPS) is 11.2. The van der Waals surface area contributed by atoms with Crippen LogP contribution in [0.5, 0.6) is 0 Å². The molecule has 5 heteroatoms. The van der Waals surface area contributed by atoms with Gasteiger partial charge in [0.25, 0.3) is 0 Å². The van der Waals surface area contributed by atoms with Gasteiger partial charge in [0.15, 0.2) is 0 Å². The second-order valence-corrected chi connectivity index (χ2v) is 4.38. The van der Waals surface area contributed by atoms with E-state index in [2.05, 4.69) is 15.5 Å². The summed E-state index contributed by atoms with van der Waals surface area (Å²) in [5, 5.41) is 9.32. The molecule has 0 aliphatic heterocycles. The highest BCUT2D eigenvalue weighted by atomic mass is 16.6. The molecule has 0 unspecified atom stereocenters. The van der Waals surface area contributed by atoms with Crippen molar-refractivity contribution in [3.8, 4) is 0 Å². The summed E-state index contributed by atoms with van der Waals surface area (Å²) in [6.07, 6.45) is 1.27. The lowest BCUT2D eigenvalue weighted by Crippen LogP contribution is -2.32. The number of aromatic amines is 1. The summed E-state index contributed by atoms with van der Waals surface area (Å²) in [6, 6.07) is 0. The van der Waals surface area contributed by atoms with Gasteiger partial charge in [-0.2, -0.15) is 5.10 Å². The Labute approximate surface area is 89.2 Å². The fraction of sp³-hybridized carbons (Fsp3) is 0.600. The number of nitrogens with one attached hydrogen (secondary N) is 2. The first-order valence-electron chi connectivity index (χ1n) is 4.84. The smallest absolute Gasteiger partial charge is 0.407 e. The van der Waals surface area contributed by atoms with Gasteiger partial charge in [0, 0.05) is 17.8 Å². The highest BCUT2D eigenvalue weighted by Crippen LogP contribution is 2.07. The molecule has 0 radical (unpaired) electrons. The maximum atomic E-state index is 11.3. The highest BCUT2D eigenvalue weighted by Gasteiger charge is 2.15. The Kier molecular flexibility index (Phi) is 3.34. The summed E-state index contributed by atoms with van der Waals surface area (Å²) in [5.41, 5.74) is 1.45. The molecule has 1 aromatic heterocycles. The predicted octanol–water partition coefficient (Wildman–Crippen LogP) is 1.74. The van der Waals surface area contributed by atoms with E-state index >= 15 is 0 Å². The minimum atomic E-state index is -0.463. The molecule has 1 amide bonds. The Morgan fingerprint density at radius 1 is 1.60 bits per heavy atom. The number of ether oxygens (including phenoxy) is 1. The monoisotopic (exact) mass is 211 g/mol. The molecule has 0 atom stereocenters. The van der Waals surface area contributed by atoms with Crippen LogP contribution in [-0.2, 0) is 11.3 Å². The lowest BCUT2D eigenvalue weighted by Gasteiger charge is -2.19. The Bertz CT molecular complexity index is 339. The van der Waals surface area contributed by atoms with Gasteiger partial charge in [-0.05, 0) is 27.7 Å². The van der Waals surface area contributed by atoms with E-state index in [0.29, 0.717) is 6.54 Å². The van der Waals surface area contributed by atoms with E-state index in [0.717, 1.165) is 11.3 Å². The molecule has 0 spiro atoms. The molecule has 0 saturated carbocycles. The first-order chi connectivity index (χ1) is 6.88. The molecule has 0 aromatic carbocycles. The summed E-state index contributed by atoms with van der Waals surface area (Å²) in [6.45, 7) is 7.82. The molecular weight excluding hydrogens is 194 g/mol. The molecular formula is C10H17N3O2. The number of H-pyrrole nitrogens is 1. The van der Waals surface area contributed by atoms with Gasteiger partial charge in [-0.1, -0.05) is 0 Å². The fourth-order valence-electron chi connectivity index (χ4n) is 1.04. The zero-order valence-electron chi connectivity index (χ0n) is 9.55. The van der Waals surface area contributed by atoms with Crippen molar-refractivity contribution in [3.63, 3.8) is 0 Å². The van der Waals surface area contributed by atoms with Crippen LogP contribution in [0, 0.1) is 6.92 Å². The molecule has 1 heterocycles. The second kappa shape index (κ2) is 4.33. The lowest BCUT2D eigenvalue weighted by molar-refractivity contribution is 0.0523. The van der Waals surface area contributed by atoms with E-state index in [-0.39, 0.29) is 0 Å². The largest absolute Gasteiger partial charge is 0.444 e. The summed E-state index contributed by atoms with van der Waals surface area (Å²) in [5.74, 6) is 0. The summed E-state index contributed by atoms with van der Waals surface area (Å²) < 4.78 is 5.10. The average molecular weight is 211 g/mol. The Morgan fingerprint density at radius 3 is 2.73 bits per heavy atom. The number of hydrogen-bond donors (Lipinski definition) is 2. The van der Waals surface area contributed by atoms with Crippen molar-refractivity contribution >= 4 is 6.09 Å². The zero-order chi connectivity index (χ0) is 11.5. The van der Waals surface area contributed by atoms with Crippen molar-refractivity contribution in [1.82, 2.24) is 15.5 Å². The van der Waals surface area contributed by atoms with E-state index in [4.69, 9.17) is 4.74 Å². The van der Waals surface area contributed by atoms with E-state index in [1.807, 2.05) is 27.7 Å². The molecule has 15 heavy (non-hydrogen) atoms. The summed E-state index contributed by atoms with van der Waals surface area (Å²) in [4.78, 5) is 11.3. The number of amides is 1. The van der Waals surface area contributed by atoms with Gasteiger partial charge in [0.1, 0.15) is 5.60 Å². The molecule has 0 aliphatic carbocycles. The molecule has 2 N–H and O–H groups in total. The molecule has 0 fully saturated rings. The van der Waals surface area contributed by atoms with Crippen LogP contribution < -0.4 is 5.32 Å². The van der Waals surface area contributed by atoms with Gasteiger partial charge in [-0.15, -0.1) is 0 Å². The third-order valence-electron chi connectivity index (χ3n) is 1.76. The number of aromatic nitrogens is 2. The van der Waals surface area contributed by atoms with Crippen molar-refractivity contribution in [2.45, 2.75) is 39.8 Å². The number of hydrogen-bond acceptors (Lipinski definition) is 3. The first kappa shape index (κ1) is 11.6. The lowest BCUT2D eigenvalue weighted by atomic mass is 10.2. The first-order valence-corrected chi connectivity index (χ1v) is 4.84. The van der Waals surface area contributed by atoms with Crippen LogP contribution in [0.15, 0.2) is 6.20 Å². The minimum Gasteiger partial charge on any atom is -0.444 e. The molecule has 84 valence electrons. The standard InChI is InChI=1S/C10H17N3O2/c1-7-8(6-12-13-7)5-11-9(14)15-10(2,3)4/h6H,5H2,1-4H3,(H,11,14)(H,12,13). The zero-order valence-corrected chi connectivity index (χ0v) is 9.55. The van der Waals surface area contributed by atoms with E-state index in [1.54, 1.807) is 6.20 Å². The van der Waals surface area contributed by atoms with Gasteiger partial charge in [-0.25, -0.2) is 4.79 Å². The SMILES string of the molecule is Cc1[nH]ncc1CNC(=O)OC(C)(C)C. The van der Waals surface area contributed by atoms with Crippen molar-refractivity contribution in [3.05, 3.63) is 17.5 Å². The number of carbonyl (C=O) groups excluding carboxylic acids is 1. The van der Waals surface area contributed by atoms with E-state index in [1.165, 1.54) is 0 Å². The quantitative estimate of drug-likeness (QED) is 0.783. The van der Waals surface area contributed by atoms with E-state index in [9.17, 15) is 4.79 Å². The minimum absolute atomic E-state index is 0.414. The van der Waals surface area contributed by atoms with Crippen LogP contribution in [0.1, 0.15) is 32.0 Å². The third-order valence-corrected chi connectivity index (χ3v) is 1.76. The molecule has 5 nitrogen and oxygen atoms in total. The summed E-state index contributed by atoms with van der Waals surface area (Å²) in [7, 11) is 0. The number of rotatable bonds is 2. The van der Waals surface area contributed by atoms with Crippen LogP contribution >= 0.6 is 0 Å². The number of alkyl carbamates (subject to hydrolysis) is 1. The van der Waals surface area contributed by atoms with Crippen molar-refractivity contribution in [2.75, 3.05) is 0 Å². The molecule has 0 aliphatic rings. The second-order valence-electron chi connectivity index (χ2n) is 4.38. The van der Waals surface area contributed by atoms with Crippen LogP contribution in [0.4, 0.5) is 4.79 Å². The van der Waals surface area contributed by atoms with E-state index < -0.39 is 11.7 Å². The van der Waals surface area contributed by atoms with Crippen LogP contribution in [0.3, 0.4) is 0 Å². The number of aryl methyl sites for hydroxylation is 1. The Hall–Kier alpha value is -1.52. The number of carbonyl (C=O) groups is 1. The van der Waals surface area contributed by atoms with Crippen LogP contribution in [-0.4, -0.2) is 21.9 Å². The Morgan fingerprint density at radius 2 is 2.27 bits per heavy atom. The van der Waals surface area contributed by atoms with Crippen molar-refractivity contribution in [2.24, 2.45) is 0 Å². The third kappa shape index (κ3) is 4.01. The van der Waals surface area contributed by atoms with Crippen molar-refractivity contribution in [1.29, 1.82) is 0 Å². The van der Waals surface area contributed by atoms with Gasteiger partial charge < -0.3 is 10.1 Å². The fourth-order valence-corrected chi connectivity index (χ4v) is 1.04. The molecule has 1 aromatic rings. The molecule has 1 rings (SSSR count). The highest BCUT2D eigenvalue weighted by molar-refractivity contribution is 5.67. The van der Waals surface area contributed by atoms with Crippen molar-refractivity contribution < 1.29 is 9.53 Å². The van der Waals surface area contributed by atoms with Crippen LogP contribution in [0.25, 0.3) is 0 Å². The maximum Gasteiger partial charge on any atom is 0.407 e. The van der Waals surface area contributed by atoms with Gasteiger partial charge in [0.2, 0.25) is 0 Å². The molecule has 0 bridgehead atoms. The number of nitrogens with zero attached hydrogens (tertiary/aromatic N) is 1. The summed E-state index contributed by atoms with van der Waals surface area (Å²) >= 11 is 0.